The van der Waals surface area contributed by atoms with E-state index in [0.29, 0.717) is 23.7 Å². The van der Waals surface area contributed by atoms with Gasteiger partial charge in [0.05, 0.1) is 24.5 Å². The van der Waals surface area contributed by atoms with E-state index in [1.165, 1.54) is 16.6 Å². The van der Waals surface area contributed by atoms with E-state index in [0.717, 1.165) is 11.1 Å². The topological polar surface area (TPSA) is 103 Å². The summed E-state index contributed by atoms with van der Waals surface area (Å²) in [5, 5.41) is 7.02. The number of aromatic nitrogens is 2. The number of nitrogens with one attached hydrogen (secondary N) is 1. The van der Waals surface area contributed by atoms with Gasteiger partial charge < -0.3 is 19.7 Å². The third kappa shape index (κ3) is 5.14. The predicted octanol–water partition coefficient (Wildman–Crippen LogP) is 2.90. The van der Waals surface area contributed by atoms with E-state index >= 15 is 0 Å². The molecule has 9 nitrogen and oxygen atoms in total. The Bertz CT molecular complexity index is 1270. The second kappa shape index (κ2) is 10.2. The summed E-state index contributed by atoms with van der Waals surface area (Å²) < 4.78 is 12.5. The van der Waals surface area contributed by atoms with Crippen LogP contribution in [0.4, 0.5) is 5.69 Å². The third-order valence-electron chi connectivity index (χ3n) is 5.66. The zero-order valence-electron chi connectivity index (χ0n) is 19.6. The monoisotopic (exact) mass is 496 g/mol. The van der Waals surface area contributed by atoms with Crippen LogP contribution in [0.5, 0.6) is 5.75 Å². The van der Waals surface area contributed by atoms with Crippen molar-refractivity contribution in [1.29, 1.82) is 0 Å². The molecule has 1 aliphatic rings. The van der Waals surface area contributed by atoms with E-state index in [-0.39, 0.29) is 23.2 Å². The summed E-state index contributed by atoms with van der Waals surface area (Å²) in [4.78, 5) is 39.3. The van der Waals surface area contributed by atoms with Gasteiger partial charge in [0, 0.05) is 7.05 Å². The van der Waals surface area contributed by atoms with Crippen LogP contribution in [0.3, 0.4) is 0 Å². The van der Waals surface area contributed by atoms with Gasteiger partial charge in [0.25, 0.3) is 11.8 Å². The van der Waals surface area contributed by atoms with Gasteiger partial charge in [0.1, 0.15) is 16.5 Å². The number of amides is 2. The highest BCUT2D eigenvalue weighted by molar-refractivity contribution is 6.32. The van der Waals surface area contributed by atoms with E-state index in [9.17, 15) is 14.4 Å². The average molecular weight is 497 g/mol. The van der Waals surface area contributed by atoms with Gasteiger partial charge in [-0.25, -0.2) is 9.48 Å². The Kier molecular flexibility index (Phi) is 7.07. The lowest BCUT2D eigenvalue weighted by atomic mass is 10.1. The highest BCUT2D eigenvalue weighted by Crippen LogP contribution is 2.33. The first kappa shape index (κ1) is 24.3. The standard InChI is InChI=1S/C25H25ClN4O5/c1-15-8-10-17(11-9-15)12-30-23(26)22(16(2)28-30)25(33)34-14-21(31)29-13-20(24(32)27-3)35-19-7-5-4-6-18(19)29/h4-11,20H,12-14H2,1-3H3,(H,27,32). The summed E-state index contributed by atoms with van der Waals surface area (Å²) in [7, 11) is 1.49. The minimum Gasteiger partial charge on any atom is -0.477 e. The number of halogens is 1. The molecule has 0 spiro atoms. The summed E-state index contributed by atoms with van der Waals surface area (Å²) in [6.45, 7) is 3.49. The van der Waals surface area contributed by atoms with Crippen molar-refractivity contribution in [3.63, 3.8) is 0 Å². The Morgan fingerprint density at radius 1 is 1.14 bits per heavy atom. The van der Waals surface area contributed by atoms with Gasteiger partial charge in [-0.1, -0.05) is 53.6 Å². The Balaban J connectivity index is 1.46. The largest absolute Gasteiger partial charge is 0.477 e. The zero-order chi connectivity index (χ0) is 25.1. The number of esters is 1. The molecule has 0 radical (unpaired) electrons. The van der Waals surface area contributed by atoms with Gasteiger partial charge in [-0.3, -0.25) is 9.59 Å². The van der Waals surface area contributed by atoms with E-state index in [1.807, 2.05) is 31.2 Å². The minimum absolute atomic E-state index is 0.0126. The van der Waals surface area contributed by atoms with Crippen molar-refractivity contribution in [2.45, 2.75) is 26.5 Å². The normalized spacial score (nSPS) is 14.6. The molecule has 0 saturated heterocycles. The van der Waals surface area contributed by atoms with Crippen LogP contribution >= 0.6 is 11.6 Å². The Morgan fingerprint density at radius 2 is 1.86 bits per heavy atom. The maximum Gasteiger partial charge on any atom is 0.343 e. The molecular weight excluding hydrogens is 472 g/mol. The highest BCUT2D eigenvalue weighted by atomic mass is 35.5. The van der Waals surface area contributed by atoms with Crippen LogP contribution < -0.4 is 15.0 Å². The number of benzene rings is 2. The van der Waals surface area contributed by atoms with Crippen molar-refractivity contribution >= 4 is 35.1 Å². The quantitative estimate of drug-likeness (QED) is 0.526. The Morgan fingerprint density at radius 3 is 2.57 bits per heavy atom. The van der Waals surface area contributed by atoms with Crippen LogP contribution in [0.1, 0.15) is 27.2 Å². The number of likely N-dealkylation sites (N-methyl/N-ethyl adjacent to an activating group) is 1. The van der Waals surface area contributed by atoms with Gasteiger partial charge in [-0.05, 0) is 31.5 Å². The fraction of sp³-hybridized carbons (Fsp3) is 0.280. The summed E-state index contributed by atoms with van der Waals surface area (Å²) in [6, 6.07) is 14.8. The Hall–Kier alpha value is -3.85. The van der Waals surface area contributed by atoms with Gasteiger partial charge in [0.2, 0.25) is 0 Å². The molecule has 0 bridgehead atoms. The molecule has 2 heterocycles. The summed E-state index contributed by atoms with van der Waals surface area (Å²) in [5.74, 6) is -1.22. The van der Waals surface area contributed by atoms with Crippen molar-refractivity contribution in [2.24, 2.45) is 0 Å². The predicted molar refractivity (Wildman–Crippen MR) is 130 cm³/mol. The van der Waals surface area contributed by atoms with Crippen LogP contribution in [-0.2, 0) is 20.9 Å². The minimum atomic E-state index is -0.883. The fourth-order valence-corrected chi connectivity index (χ4v) is 4.11. The summed E-state index contributed by atoms with van der Waals surface area (Å²) in [5.41, 5.74) is 3.11. The lowest BCUT2D eigenvalue weighted by Crippen LogP contribution is -2.51. The zero-order valence-corrected chi connectivity index (χ0v) is 20.3. The maximum absolute atomic E-state index is 13.0. The van der Waals surface area contributed by atoms with Crippen LogP contribution in [0.15, 0.2) is 48.5 Å². The van der Waals surface area contributed by atoms with Gasteiger partial charge >= 0.3 is 5.97 Å². The number of nitrogens with zero attached hydrogens (tertiary/aromatic N) is 3. The molecule has 1 unspecified atom stereocenters. The molecule has 1 atom stereocenters. The van der Waals surface area contributed by atoms with Crippen molar-refractivity contribution < 1.29 is 23.9 Å². The van der Waals surface area contributed by atoms with Crippen LogP contribution in [-0.4, -0.2) is 53.9 Å². The van der Waals surface area contributed by atoms with E-state index < -0.39 is 24.6 Å². The van der Waals surface area contributed by atoms with Crippen LogP contribution in [0, 0.1) is 13.8 Å². The molecule has 0 saturated carbocycles. The number of para-hydroxylation sites is 2. The number of carbonyl (C=O) groups excluding carboxylic acids is 3. The number of anilines is 1. The third-order valence-corrected chi connectivity index (χ3v) is 6.05. The first-order chi connectivity index (χ1) is 16.8. The average Bonchev–Trinajstić information content (AvgIpc) is 3.14. The van der Waals surface area contributed by atoms with Gasteiger partial charge in [-0.2, -0.15) is 5.10 Å². The lowest BCUT2D eigenvalue weighted by molar-refractivity contribution is -0.128. The van der Waals surface area contributed by atoms with Crippen LogP contribution in [0.25, 0.3) is 0 Å². The number of rotatable bonds is 6. The van der Waals surface area contributed by atoms with Crippen LogP contribution in [0.2, 0.25) is 5.15 Å². The number of fused-ring (bicyclic) bond motifs is 1. The number of ether oxygens (including phenoxy) is 2. The molecule has 4 rings (SSSR count). The molecule has 0 fully saturated rings. The molecule has 1 N–H and O–H groups in total. The molecule has 1 aromatic heterocycles. The SMILES string of the molecule is CNC(=O)C1CN(C(=O)COC(=O)c2c(C)nn(Cc3ccc(C)cc3)c2Cl)c2ccccc2O1. The molecule has 0 aliphatic carbocycles. The maximum atomic E-state index is 13.0. The van der Waals surface area contributed by atoms with Crippen molar-refractivity contribution in [2.75, 3.05) is 25.1 Å². The highest BCUT2D eigenvalue weighted by Gasteiger charge is 2.34. The van der Waals surface area contributed by atoms with Gasteiger partial charge in [-0.15, -0.1) is 0 Å². The molecular formula is C25H25ClN4O5. The van der Waals surface area contributed by atoms with Gasteiger partial charge in [0.15, 0.2) is 12.7 Å². The van der Waals surface area contributed by atoms with Crippen molar-refractivity contribution in [1.82, 2.24) is 15.1 Å². The molecule has 1 aliphatic heterocycles. The molecule has 35 heavy (non-hydrogen) atoms. The molecule has 3 aromatic rings. The van der Waals surface area contributed by atoms with Crippen molar-refractivity contribution in [3.05, 3.63) is 76.1 Å². The smallest absolute Gasteiger partial charge is 0.343 e. The van der Waals surface area contributed by atoms with E-state index in [2.05, 4.69) is 10.4 Å². The number of carbonyl (C=O) groups is 3. The van der Waals surface area contributed by atoms with E-state index in [1.54, 1.807) is 31.2 Å². The number of hydrogen-bond acceptors (Lipinski definition) is 6. The lowest BCUT2D eigenvalue weighted by Gasteiger charge is -2.33. The van der Waals surface area contributed by atoms with Crippen molar-refractivity contribution in [3.8, 4) is 5.75 Å². The Labute approximate surface area is 207 Å². The first-order valence-corrected chi connectivity index (χ1v) is 11.4. The first-order valence-electron chi connectivity index (χ1n) is 11.0. The summed E-state index contributed by atoms with van der Waals surface area (Å²) >= 11 is 6.45. The summed E-state index contributed by atoms with van der Waals surface area (Å²) in [6.07, 6.45) is -0.883. The molecule has 2 amide bonds. The second-order valence-corrected chi connectivity index (χ2v) is 8.52. The second-order valence-electron chi connectivity index (χ2n) is 8.16. The van der Waals surface area contributed by atoms with E-state index in [4.69, 9.17) is 21.1 Å². The number of hydrogen-bond donors (Lipinski definition) is 1. The molecule has 10 heteroatoms. The molecule has 182 valence electrons. The fourth-order valence-electron chi connectivity index (χ4n) is 3.80. The number of aryl methyl sites for hydroxylation is 2. The molecule has 2 aromatic carbocycles.